The molecule has 0 bridgehead atoms. The van der Waals surface area contributed by atoms with Crippen molar-refractivity contribution in [2.45, 2.75) is 53.5 Å². The zero-order chi connectivity index (χ0) is 14.8. The molecule has 0 saturated heterocycles. The standard InChI is InChI=1S/C14H26N2O2S/c1-9(2)6-14(11(15)19)7-10(14)16-12(17)18-8-13(3,4)5/h9-10H,6-8H2,1-5H3,(H2,15,19)(H,16,17). The predicted octanol–water partition coefficient (Wildman–Crippen LogP) is 2.85. The van der Waals surface area contributed by atoms with Crippen LogP contribution in [-0.2, 0) is 4.74 Å². The second-order valence-corrected chi connectivity index (χ2v) is 7.60. The van der Waals surface area contributed by atoms with Crippen molar-refractivity contribution in [1.82, 2.24) is 5.32 Å². The molecular formula is C14H26N2O2S. The molecule has 0 aromatic heterocycles. The molecule has 2 atom stereocenters. The van der Waals surface area contributed by atoms with Gasteiger partial charge < -0.3 is 15.8 Å². The summed E-state index contributed by atoms with van der Waals surface area (Å²) in [5, 5.41) is 2.88. The first kappa shape index (κ1) is 16.2. The first-order valence-corrected chi connectivity index (χ1v) is 7.21. The Hall–Kier alpha value is -0.840. The zero-order valence-corrected chi connectivity index (χ0v) is 13.4. The summed E-state index contributed by atoms with van der Waals surface area (Å²) in [6.45, 7) is 10.7. The highest BCUT2D eigenvalue weighted by Gasteiger charge is 2.57. The van der Waals surface area contributed by atoms with E-state index in [0.29, 0.717) is 17.5 Å². The van der Waals surface area contributed by atoms with Crippen molar-refractivity contribution < 1.29 is 9.53 Å². The molecule has 3 N–H and O–H groups in total. The lowest BCUT2D eigenvalue weighted by Gasteiger charge is -2.20. The summed E-state index contributed by atoms with van der Waals surface area (Å²) in [7, 11) is 0. The van der Waals surface area contributed by atoms with Gasteiger partial charge in [0.25, 0.3) is 0 Å². The molecule has 1 aliphatic carbocycles. The number of nitrogens with one attached hydrogen (secondary N) is 1. The summed E-state index contributed by atoms with van der Waals surface area (Å²) in [4.78, 5) is 12.2. The lowest BCUT2D eigenvalue weighted by atomic mass is 9.93. The molecular weight excluding hydrogens is 260 g/mol. The normalized spacial score (nSPS) is 26.1. The number of ether oxygens (including phenoxy) is 1. The molecule has 1 amide bonds. The number of hydrogen-bond donors (Lipinski definition) is 2. The third-order valence-electron chi connectivity index (χ3n) is 3.27. The van der Waals surface area contributed by atoms with Crippen molar-refractivity contribution >= 4 is 23.3 Å². The smallest absolute Gasteiger partial charge is 0.407 e. The highest BCUT2D eigenvalue weighted by atomic mass is 32.1. The van der Waals surface area contributed by atoms with Crippen LogP contribution in [0.15, 0.2) is 0 Å². The van der Waals surface area contributed by atoms with Crippen LogP contribution in [-0.4, -0.2) is 23.7 Å². The van der Waals surface area contributed by atoms with Crippen molar-refractivity contribution in [3.05, 3.63) is 0 Å². The summed E-state index contributed by atoms with van der Waals surface area (Å²) < 4.78 is 5.20. The molecule has 0 radical (unpaired) electrons. The summed E-state index contributed by atoms with van der Waals surface area (Å²) >= 11 is 5.15. The van der Waals surface area contributed by atoms with Crippen molar-refractivity contribution in [3.63, 3.8) is 0 Å². The van der Waals surface area contributed by atoms with Gasteiger partial charge in [0, 0.05) is 11.5 Å². The van der Waals surface area contributed by atoms with Gasteiger partial charge >= 0.3 is 6.09 Å². The van der Waals surface area contributed by atoms with Crippen molar-refractivity contribution in [2.24, 2.45) is 22.5 Å². The Morgan fingerprint density at radius 3 is 2.53 bits per heavy atom. The number of carbonyl (C=O) groups is 1. The Morgan fingerprint density at radius 1 is 1.53 bits per heavy atom. The topological polar surface area (TPSA) is 64.3 Å². The zero-order valence-electron chi connectivity index (χ0n) is 12.6. The van der Waals surface area contributed by atoms with E-state index in [0.717, 1.165) is 12.8 Å². The minimum atomic E-state index is -0.373. The maximum absolute atomic E-state index is 11.7. The maximum atomic E-state index is 11.7. The van der Waals surface area contributed by atoms with E-state index in [1.54, 1.807) is 0 Å². The third kappa shape index (κ3) is 4.64. The number of amides is 1. The van der Waals surface area contributed by atoms with Crippen molar-refractivity contribution in [3.8, 4) is 0 Å². The average molecular weight is 286 g/mol. The van der Waals surface area contributed by atoms with E-state index in [1.165, 1.54) is 0 Å². The Bertz CT molecular complexity index is 363. The molecule has 0 aromatic carbocycles. The van der Waals surface area contributed by atoms with Gasteiger partial charge in [-0.2, -0.15) is 0 Å². The number of thiocarbonyl (C=S) groups is 1. The number of alkyl carbamates (subject to hydrolysis) is 1. The monoisotopic (exact) mass is 286 g/mol. The molecule has 0 aliphatic heterocycles. The van der Waals surface area contributed by atoms with Crippen molar-refractivity contribution in [2.75, 3.05) is 6.61 Å². The summed E-state index contributed by atoms with van der Waals surface area (Å²) in [5.74, 6) is 0.499. The van der Waals surface area contributed by atoms with Gasteiger partial charge in [-0.25, -0.2) is 4.79 Å². The van der Waals surface area contributed by atoms with Crippen LogP contribution >= 0.6 is 12.2 Å². The lowest BCUT2D eigenvalue weighted by Crippen LogP contribution is -2.37. The second-order valence-electron chi connectivity index (χ2n) is 7.16. The van der Waals surface area contributed by atoms with Gasteiger partial charge in [-0.05, 0) is 24.2 Å². The lowest BCUT2D eigenvalue weighted by molar-refractivity contribution is 0.105. The van der Waals surface area contributed by atoms with Gasteiger partial charge in [0.05, 0.1) is 11.6 Å². The first-order chi connectivity index (χ1) is 8.57. The number of hydrogen-bond acceptors (Lipinski definition) is 3. The van der Waals surface area contributed by atoms with Crippen LogP contribution in [0.2, 0.25) is 0 Å². The molecule has 0 spiro atoms. The molecule has 1 saturated carbocycles. The number of carbonyl (C=O) groups excluding carboxylic acids is 1. The highest BCUT2D eigenvalue weighted by Crippen LogP contribution is 2.51. The second kappa shape index (κ2) is 5.65. The van der Waals surface area contributed by atoms with Crippen LogP contribution in [0.1, 0.15) is 47.5 Å². The fourth-order valence-electron chi connectivity index (χ4n) is 2.29. The molecule has 5 heteroatoms. The summed E-state index contributed by atoms with van der Waals surface area (Å²) in [5.41, 5.74) is 5.60. The fourth-order valence-corrected chi connectivity index (χ4v) is 2.60. The number of nitrogens with two attached hydrogens (primary N) is 1. The van der Waals surface area contributed by atoms with Crippen LogP contribution in [0.5, 0.6) is 0 Å². The molecule has 2 unspecified atom stereocenters. The predicted molar refractivity (Wildman–Crippen MR) is 81.0 cm³/mol. The van der Waals surface area contributed by atoms with Gasteiger partial charge in [-0.3, -0.25) is 0 Å². The highest BCUT2D eigenvalue weighted by molar-refractivity contribution is 7.80. The first-order valence-electron chi connectivity index (χ1n) is 6.80. The molecule has 1 aliphatic rings. The van der Waals surface area contributed by atoms with Crippen LogP contribution < -0.4 is 11.1 Å². The largest absolute Gasteiger partial charge is 0.449 e. The minimum Gasteiger partial charge on any atom is -0.449 e. The van der Waals surface area contributed by atoms with Crippen LogP contribution in [0, 0.1) is 16.7 Å². The van der Waals surface area contributed by atoms with Gasteiger partial charge in [0.2, 0.25) is 0 Å². The fraction of sp³-hybridized carbons (Fsp3) is 0.857. The molecule has 0 aromatic rings. The summed E-state index contributed by atoms with van der Waals surface area (Å²) in [6.07, 6.45) is 1.36. The third-order valence-corrected chi connectivity index (χ3v) is 3.67. The van der Waals surface area contributed by atoms with Gasteiger partial charge in [-0.15, -0.1) is 0 Å². The average Bonchev–Trinajstić information content (AvgIpc) is 2.87. The van der Waals surface area contributed by atoms with E-state index in [-0.39, 0.29) is 23.0 Å². The molecule has 1 fully saturated rings. The molecule has 19 heavy (non-hydrogen) atoms. The van der Waals surface area contributed by atoms with Gasteiger partial charge in [0.1, 0.15) is 0 Å². The maximum Gasteiger partial charge on any atom is 0.407 e. The molecule has 110 valence electrons. The molecule has 1 rings (SSSR count). The quantitative estimate of drug-likeness (QED) is 0.763. The summed E-state index contributed by atoms with van der Waals surface area (Å²) in [6, 6.07) is 0.0277. The van der Waals surface area contributed by atoms with E-state index < -0.39 is 0 Å². The molecule has 0 heterocycles. The van der Waals surface area contributed by atoms with Crippen LogP contribution in [0.4, 0.5) is 4.79 Å². The van der Waals surface area contributed by atoms with Gasteiger partial charge in [-0.1, -0.05) is 46.8 Å². The molecule has 4 nitrogen and oxygen atoms in total. The van der Waals surface area contributed by atoms with Gasteiger partial charge in [0.15, 0.2) is 0 Å². The van der Waals surface area contributed by atoms with Crippen molar-refractivity contribution in [1.29, 1.82) is 0 Å². The minimum absolute atomic E-state index is 0.0277. The van der Waals surface area contributed by atoms with Crippen LogP contribution in [0.3, 0.4) is 0 Å². The van der Waals surface area contributed by atoms with E-state index in [2.05, 4.69) is 19.2 Å². The Balaban J connectivity index is 2.47. The van der Waals surface area contributed by atoms with Crippen LogP contribution in [0.25, 0.3) is 0 Å². The number of rotatable bonds is 5. The SMILES string of the molecule is CC(C)CC1(C(N)=S)CC1NC(=O)OCC(C)(C)C. The van der Waals surface area contributed by atoms with E-state index >= 15 is 0 Å². The Kier molecular flexibility index (Phi) is 4.82. The Labute approximate surface area is 121 Å². The van der Waals surface area contributed by atoms with E-state index in [4.69, 9.17) is 22.7 Å². The Morgan fingerprint density at radius 2 is 2.11 bits per heavy atom. The van der Waals surface area contributed by atoms with E-state index in [9.17, 15) is 4.79 Å². The van der Waals surface area contributed by atoms with E-state index in [1.807, 2.05) is 20.8 Å².